The lowest BCUT2D eigenvalue weighted by molar-refractivity contribution is 0.338. The minimum Gasteiger partial charge on any atom is -0.244 e. The average molecular weight is 416 g/mol. The standard InChI is InChI=1S/C24H29N7/c1-23(2,3)22-25-20(31(28-22)24(4,5)6)15-16-11-13-17(14-12-16)18-9-7-8-10-19(18)21-26-29-30-27-21/h7-14H,15H2,1-6H3,(H,26,27,29,30). The monoisotopic (exact) mass is 415 g/mol. The van der Waals surface area contributed by atoms with E-state index in [1.54, 1.807) is 0 Å². The molecule has 2 heterocycles. The molecule has 2 aromatic carbocycles. The van der Waals surface area contributed by atoms with E-state index in [1.165, 1.54) is 5.56 Å². The van der Waals surface area contributed by atoms with E-state index in [9.17, 15) is 0 Å². The fourth-order valence-corrected chi connectivity index (χ4v) is 3.50. The molecule has 4 aromatic rings. The van der Waals surface area contributed by atoms with Crippen molar-refractivity contribution in [2.45, 2.75) is 58.9 Å². The molecular weight excluding hydrogens is 386 g/mol. The molecule has 0 atom stereocenters. The Labute approximate surface area is 182 Å². The number of rotatable bonds is 4. The fourth-order valence-electron chi connectivity index (χ4n) is 3.50. The van der Waals surface area contributed by atoms with Gasteiger partial charge in [-0.3, -0.25) is 0 Å². The van der Waals surface area contributed by atoms with Gasteiger partial charge in [-0.1, -0.05) is 69.3 Å². The van der Waals surface area contributed by atoms with Gasteiger partial charge in [0, 0.05) is 17.4 Å². The molecular formula is C24H29N7. The van der Waals surface area contributed by atoms with Crippen molar-refractivity contribution in [2.24, 2.45) is 0 Å². The minimum atomic E-state index is -0.130. The van der Waals surface area contributed by atoms with Gasteiger partial charge in [0.15, 0.2) is 5.82 Å². The normalized spacial score (nSPS) is 12.3. The lowest BCUT2D eigenvalue weighted by Gasteiger charge is -2.21. The van der Waals surface area contributed by atoms with Gasteiger partial charge in [0.05, 0.1) is 5.54 Å². The zero-order chi connectivity index (χ0) is 22.2. The van der Waals surface area contributed by atoms with Crippen LogP contribution in [0.3, 0.4) is 0 Å². The molecule has 7 nitrogen and oxygen atoms in total. The van der Waals surface area contributed by atoms with Crippen LogP contribution in [0.25, 0.3) is 22.5 Å². The molecule has 0 aliphatic carbocycles. The molecule has 0 radical (unpaired) electrons. The van der Waals surface area contributed by atoms with Gasteiger partial charge in [0.2, 0.25) is 5.82 Å². The number of hydrogen-bond acceptors (Lipinski definition) is 5. The molecule has 0 unspecified atom stereocenters. The summed E-state index contributed by atoms with van der Waals surface area (Å²) in [5, 5.41) is 19.3. The van der Waals surface area contributed by atoms with Crippen LogP contribution >= 0.6 is 0 Å². The van der Waals surface area contributed by atoms with Crippen LogP contribution in [0.1, 0.15) is 58.8 Å². The highest BCUT2D eigenvalue weighted by Crippen LogP contribution is 2.30. The summed E-state index contributed by atoms with van der Waals surface area (Å²) in [6.45, 7) is 12.9. The summed E-state index contributed by atoms with van der Waals surface area (Å²) in [5.41, 5.74) is 4.11. The van der Waals surface area contributed by atoms with Gasteiger partial charge in [-0.2, -0.15) is 10.3 Å². The molecule has 0 aliphatic rings. The predicted molar refractivity (Wildman–Crippen MR) is 122 cm³/mol. The molecule has 0 amide bonds. The van der Waals surface area contributed by atoms with Crippen molar-refractivity contribution in [3.05, 3.63) is 65.7 Å². The highest BCUT2D eigenvalue weighted by atomic mass is 15.5. The quantitative estimate of drug-likeness (QED) is 0.519. The van der Waals surface area contributed by atoms with Crippen molar-refractivity contribution in [2.75, 3.05) is 0 Å². The maximum atomic E-state index is 4.90. The molecule has 31 heavy (non-hydrogen) atoms. The predicted octanol–water partition coefficient (Wildman–Crippen LogP) is 4.77. The largest absolute Gasteiger partial charge is 0.244 e. The van der Waals surface area contributed by atoms with Crippen molar-refractivity contribution in [3.8, 4) is 22.5 Å². The van der Waals surface area contributed by atoms with Crippen molar-refractivity contribution in [3.63, 3.8) is 0 Å². The first kappa shape index (κ1) is 20.9. The Morgan fingerprint density at radius 3 is 2.13 bits per heavy atom. The number of hydrogen-bond donors (Lipinski definition) is 1. The minimum absolute atomic E-state index is 0.0893. The molecule has 160 valence electrons. The summed E-state index contributed by atoms with van der Waals surface area (Å²) >= 11 is 0. The second-order valence-corrected chi connectivity index (χ2v) is 9.84. The van der Waals surface area contributed by atoms with Gasteiger partial charge in [-0.15, -0.1) is 10.2 Å². The Morgan fingerprint density at radius 1 is 0.871 bits per heavy atom. The topological polar surface area (TPSA) is 85.2 Å². The highest BCUT2D eigenvalue weighted by Gasteiger charge is 2.26. The van der Waals surface area contributed by atoms with E-state index in [0.717, 1.165) is 34.8 Å². The lowest BCUT2D eigenvalue weighted by Crippen LogP contribution is -2.26. The summed E-state index contributed by atoms with van der Waals surface area (Å²) in [7, 11) is 0. The van der Waals surface area contributed by atoms with Gasteiger partial charge in [-0.25, -0.2) is 9.67 Å². The van der Waals surface area contributed by atoms with Crippen LogP contribution in [0.15, 0.2) is 48.5 Å². The number of tetrazole rings is 1. The summed E-state index contributed by atoms with van der Waals surface area (Å²) in [6, 6.07) is 16.7. The molecule has 0 spiro atoms. The zero-order valence-corrected chi connectivity index (χ0v) is 19.0. The Hall–Kier alpha value is -3.35. The first-order valence-corrected chi connectivity index (χ1v) is 10.5. The van der Waals surface area contributed by atoms with E-state index in [2.05, 4.69) is 97.2 Å². The summed E-state index contributed by atoms with van der Waals surface area (Å²) in [6.07, 6.45) is 0.729. The van der Waals surface area contributed by atoms with E-state index in [-0.39, 0.29) is 11.0 Å². The lowest BCUT2D eigenvalue weighted by atomic mass is 9.96. The number of nitrogens with one attached hydrogen (secondary N) is 1. The number of aromatic amines is 1. The number of aromatic nitrogens is 7. The molecule has 0 bridgehead atoms. The van der Waals surface area contributed by atoms with Crippen LogP contribution in [0.5, 0.6) is 0 Å². The number of H-pyrrole nitrogens is 1. The van der Waals surface area contributed by atoms with Crippen LogP contribution < -0.4 is 0 Å². The van der Waals surface area contributed by atoms with E-state index >= 15 is 0 Å². The van der Waals surface area contributed by atoms with Crippen LogP contribution in [0.4, 0.5) is 0 Å². The first-order chi connectivity index (χ1) is 14.6. The summed E-state index contributed by atoms with van der Waals surface area (Å²) in [5.74, 6) is 2.45. The van der Waals surface area contributed by atoms with Gasteiger partial charge >= 0.3 is 0 Å². The Bertz CT molecular complexity index is 1160. The second-order valence-electron chi connectivity index (χ2n) is 9.84. The van der Waals surface area contributed by atoms with Crippen LogP contribution in [-0.4, -0.2) is 35.4 Å². The van der Waals surface area contributed by atoms with E-state index in [4.69, 9.17) is 10.1 Å². The first-order valence-electron chi connectivity index (χ1n) is 10.5. The van der Waals surface area contributed by atoms with Crippen LogP contribution in [0, 0.1) is 0 Å². The Balaban J connectivity index is 1.65. The maximum absolute atomic E-state index is 4.90. The third-order valence-corrected chi connectivity index (χ3v) is 5.12. The summed E-state index contributed by atoms with van der Waals surface area (Å²) in [4.78, 5) is 4.90. The van der Waals surface area contributed by atoms with Gasteiger partial charge in [0.1, 0.15) is 5.82 Å². The smallest absolute Gasteiger partial charge is 0.205 e. The van der Waals surface area contributed by atoms with E-state index in [0.29, 0.717) is 5.82 Å². The van der Waals surface area contributed by atoms with Crippen molar-refractivity contribution in [1.29, 1.82) is 0 Å². The zero-order valence-electron chi connectivity index (χ0n) is 19.0. The highest BCUT2D eigenvalue weighted by molar-refractivity contribution is 5.80. The van der Waals surface area contributed by atoms with Gasteiger partial charge in [-0.05, 0) is 42.7 Å². The molecule has 0 saturated heterocycles. The van der Waals surface area contributed by atoms with Gasteiger partial charge in [0.25, 0.3) is 0 Å². The molecule has 7 heteroatoms. The second kappa shape index (κ2) is 7.72. The average Bonchev–Trinajstić information content (AvgIpc) is 3.38. The van der Waals surface area contributed by atoms with Crippen molar-refractivity contribution < 1.29 is 0 Å². The third kappa shape index (κ3) is 4.40. The molecule has 1 N–H and O–H groups in total. The van der Waals surface area contributed by atoms with Crippen LogP contribution in [-0.2, 0) is 17.4 Å². The van der Waals surface area contributed by atoms with Crippen molar-refractivity contribution in [1.82, 2.24) is 35.4 Å². The third-order valence-electron chi connectivity index (χ3n) is 5.12. The van der Waals surface area contributed by atoms with Crippen molar-refractivity contribution >= 4 is 0 Å². The molecule has 2 aromatic heterocycles. The number of benzene rings is 2. The molecule has 0 aliphatic heterocycles. The van der Waals surface area contributed by atoms with E-state index in [1.807, 2.05) is 18.2 Å². The molecule has 4 rings (SSSR count). The number of nitrogens with zero attached hydrogens (tertiary/aromatic N) is 6. The van der Waals surface area contributed by atoms with E-state index < -0.39 is 0 Å². The molecule has 0 fully saturated rings. The Morgan fingerprint density at radius 2 is 1.55 bits per heavy atom. The maximum Gasteiger partial charge on any atom is 0.205 e. The Kier molecular flexibility index (Phi) is 5.21. The van der Waals surface area contributed by atoms with Crippen LogP contribution in [0.2, 0.25) is 0 Å². The molecule has 0 saturated carbocycles. The fraction of sp³-hybridized carbons (Fsp3) is 0.375. The van der Waals surface area contributed by atoms with Gasteiger partial charge < -0.3 is 0 Å². The SMILES string of the molecule is CC(C)(C)c1nc(Cc2ccc(-c3ccccc3-c3nn[nH]n3)cc2)n(C(C)(C)C)n1. The summed E-state index contributed by atoms with van der Waals surface area (Å²) < 4.78 is 2.06.